The summed E-state index contributed by atoms with van der Waals surface area (Å²) in [4.78, 5) is 11.1. The minimum absolute atomic E-state index is 0.0316. The van der Waals surface area contributed by atoms with Crippen LogP contribution in [0.4, 0.5) is 15.8 Å². The number of hydrogen-bond donors (Lipinski definition) is 3. The first-order valence-electron chi connectivity index (χ1n) is 10.5. The van der Waals surface area contributed by atoms with Crippen molar-refractivity contribution in [3.63, 3.8) is 0 Å². The Labute approximate surface area is 190 Å². The third kappa shape index (κ3) is 3.87. The average Bonchev–Trinajstić information content (AvgIpc) is 3.29. The van der Waals surface area contributed by atoms with E-state index in [-0.39, 0.29) is 39.8 Å². The Morgan fingerprint density at radius 2 is 1.79 bits per heavy atom. The van der Waals surface area contributed by atoms with E-state index < -0.39 is 16.0 Å². The van der Waals surface area contributed by atoms with Gasteiger partial charge in [0.25, 0.3) is 10.0 Å². The maximum absolute atomic E-state index is 14.5. The maximum Gasteiger partial charge on any atom is 0.335 e. The van der Waals surface area contributed by atoms with Gasteiger partial charge in [0.05, 0.1) is 16.5 Å². The Morgan fingerprint density at radius 1 is 1.03 bits per heavy atom. The molecule has 0 bridgehead atoms. The van der Waals surface area contributed by atoms with E-state index in [0.29, 0.717) is 5.56 Å². The molecule has 0 fully saturated rings. The number of anilines is 2. The van der Waals surface area contributed by atoms with Crippen LogP contribution in [0.3, 0.4) is 0 Å². The quantitative estimate of drug-likeness (QED) is 0.454. The number of halogens is 1. The topological polar surface area (TPSA) is 95.5 Å². The molecule has 2 aliphatic rings. The molecule has 3 N–H and O–H groups in total. The number of carboxylic acid groups (broad SMARTS) is 1. The highest BCUT2D eigenvalue weighted by Gasteiger charge is 2.39. The number of carbonyl (C=O) groups is 1. The van der Waals surface area contributed by atoms with Gasteiger partial charge in [-0.05, 0) is 66.4 Å². The Balaban J connectivity index is 1.46. The van der Waals surface area contributed by atoms with Gasteiger partial charge >= 0.3 is 5.97 Å². The molecule has 0 amide bonds. The van der Waals surface area contributed by atoms with E-state index in [1.54, 1.807) is 24.3 Å². The number of nitrogens with one attached hydrogen (secondary N) is 2. The highest BCUT2D eigenvalue weighted by Crippen LogP contribution is 2.50. The van der Waals surface area contributed by atoms with Crippen LogP contribution in [0.5, 0.6) is 0 Å². The highest BCUT2D eigenvalue weighted by atomic mass is 32.2. The van der Waals surface area contributed by atoms with Crippen molar-refractivity contribution >= 4 is 27.4 Å². The third-order valence-corrected chi connectivity index (χ3v) is 7.65. The molecule has 0 saturated carbocycles. The van der Waals surface area contributed by atoms with Gasteiger partial charge in [-0.25, -0.2) is 17.6 Å². The lowest BCUT2D eigenvalue weighted by Gasteiger charge is -2.37. The van der Waals surface area contributed by atoms with Crippen molar-refractivity contribution in [2.75, 3.05) is 10.0 Å². The van der Waals surface area contributed by atoms with Gasteiger partial charge < -0.3 is 10.4 Å². The Hall–Kier alpha value is -3.65. The van der Waals surface area contributed by atoms with Crippen LogP contribution in [-0.2, 0) is 10.0 Å². The van der Waals surface area contributed by atoms with Crippen molar-refractivity contribution in [1.29, 1.82) is 0 Å². The summed E-state index contributed by atoms with van der Waals surface area (Å²) in [7, 11) is -3.89. The number of allylic oxidation sites excluding steroid dienone is 2. The van der Waals surface area contributed by atoms with Crippen molar-refractivity contribution in [2.24, 2.45) is 5.92 Å². The number of sulfonamides is 1. The van der Waals surface area contributed by atoms with Crippen LogP contribution in [0.25, 0.3) is 0 Å². The molecule has 33 heavy (non-hydrogen) atoms. The second-order valence-electron chi connectivity index (χ2n) is 8.23. The molecule has 168 valence electrons. The first-order chi connectivity index (χ1) is 15.8. The smallest absolute Gasteiger partial charge is 0.335 e. The lowest BCUT2D eigenvalue weighted by molar-refractivity contribution is 0.0697. The lowest BCUT2D eigenvalue weighted by atomic mass is 9.77. The Morgan fingerprint density at radius 3 is 2.52 bits per heavy atom. The van der Waals surface area contributed by atoms with Crippen LogP contribution in [0, 0.1) is 11.7 Å². The Kier molecular flexibility index (Phi) is 5.17. The summed E-state index contributed by atoms with van der Waals surface area (Å²) in [5.41, 5.74) is 2.58. The minimum atomic E-state index is -3.89. The summed E-state index contributed by atoms with van der Waals surface area (Å²) >= 11 is 0. The van der Waals surface area contributed by atoms with E-state index >= 15 is 0 Å². The molecule has 5 rings (SSSR count). The molecule has 3 aromatic rings. The van der Waals surface area contributed by atoms with Crippen LogP contribution >= 0.6 is 0 Å². The molecule has 0 aromatic heterocycles. The average molecular weight is 465 g/mol. The molecule has 0 saturated heterocycles. The summed E-state index contributed by atoms with van der Waals surface area (Å²) in [6.45, 7) is 0. The predicted octanol–water partition coefficient (Wildman–Crippen LogP) is 5.15. The number of carboxylic acids is 1. The van der Waals surface area contributed by atoms with Crippen LogP contribution < -0.4 is 10.0 Å². The fourth-order valence-corrected chi connectivity index (χ4v) is 5.76. The van der Waals surface area contributed by atoms with E-state index in [9.17, 15) is 17.6 Å². The van der Waals surface area contributed by atoms with E-state index in [0.717, 1.165) is 17.7 Å². The standard InChI is InChI=1S/C25H21FN2O4S/c26-22-7-2-1-4-20(22)24-19-6-3-5-18(19)21-14-17(12-13-23(21)27-24)33(31,32)28-16-10-8-15(9-11-16)25(29)30/h1-5,7-14,18-19,24,27-28H,6H2,(H,29,30)/t18-,19-,24-/m0/s1. The molecule has 1 aliphatic heterocycles. The third-order valence-electron chi connectivity index (χ3n) is 6.27. The van der Waals surface area contributed by atoms with Crippen molar-refractivity contribution < 1.29 is 22.7 Å². The van der Waals surface area contributed by atoms with Gasteiger partial charge in [-0.1, -0.05) is 30.4 Å². The summed E-state index contributed by atoms with van der Waals surface area (Å²) < 4.78 is 43.1. The summed E-state index contributed by atoms with van der Waals surface area (Å²) in [5, 5.41) is 12.4. The molecule has 1 heterocycles. The van der Waals surface area contributed by atoms with Gasteiger partial charge in [0.15, 0.2) is 0 Å². The fourth-order valence-electron chi connectivity index (χ4n) is 4.67. The summed E-state index contributed by atoms with van der Waals surface area (Å²) in [6, 6.07) is 16.9. The first-order valence-corrected chi connectivity index (χ1v) is 12.0. The van der Waals surface area contributed by atoms with E-state index in [1.807, 2.05) is 6.07 Å². The number of aromatic carboxylic acids is 1. The SMILES string of the molecule is O=C(O)c1ccc(NS(=O)(=O)c2ccc3c(c2)[C@H]2C=CC[C@@H]2[C@@H](c2ccccc2F)N3)cc1. The fraction of sp³-hybridized carbons (Fsp3) is 0.160. The number of benzene rings is 3. The molecule has 3 atom stereocenters. The normalized spacial score (nSPS) is 21.1. The molecule has 1 aliphatic carbocycles. The molecule has 6 nitrogen and oxygen atoms in total. The summed E-state index contributed by atoms with van der Waals surface area (Å²) in [6.07, 6.45) is 4.89. The number of hydrogen-bond acceptors (Lipinski definition) is 4. The van der Waals surface area contributed by atoms with Crippen LogP contribution in [0.15, 0.2) is 83.8 Å². The highest BCUT2D eigenvalue weighted by molar-refractivity contribution is 7.92. The van der Waals surface area contributed by atoms with Crippen molar-refractivity contribution in [3.05, 3.63) is 101 Å². The van der Waals surface area contributed by atoms with Gasteiger partial charge in [-0.2, -0.15) is 0 Å². The maximum atomic E-state index is 14.5. The number of fused-ring (bicyclic) bond motifs is 3. The second kappa shape index (κ2) is 8.04. The van der Waals surface area contributed by atoms with Gasteiger partial charge in [0, 0.05) is 22.9 Å². The second-order valence-corrected chi connectivity index (χ2v) is 9.92. The monoisotopic (exact) mass is 464 g/mol. The zero-order chi connectivity index (χ0) is 23.2. The molecule has 0 unspecified atom stereocenters. The van der Waals surface area contributed by atoms with Crippen molar-refractivity contribution in [3.8, 4) is 0 Å². The van der Waals surface area contributed by atoms with Crippen molar-refractivity contribution in [1.82, 2.24) is 0 Å². The summed E-state index contributed by atoms with van der Waals surface area (Å²) in [5.74, 6) is -1.30. The Bertz CT molecular complexity index is 1370. The molecule has 8 heteroatoms. The van der Waals surface area contributed by atoms with E-state index in [4.69, 9.17) is 5.11 Å². The predicted molar refractivity (Wildman–Crippen MR) is 123 cm³/mol. The van der Waals surface area contributed by atoms with Crippen LogP contribution in [-0.4, -0.2) is 19.5 Å². The molecular weight excluding hydrogens is 443 g/mol. The lowest BCUT2D eigenvalue weighted by Crippen LogP contribution is -2.30. The number of rotatable bonds is 5. The molecule has 0 spiro atoms. The molecule has 0 radical (unpaired) electrons. The molecular formula is C25H21FN2O4S. The van der Waals surface area contributed by atoms with Crippen LogP contribution in [0.1, 0.15) is 39.9 Å². The van der Waals surface area contributed by atoms with E-state index in [1.165, 1.54) is 36.4 Å². The van der Waals surface area contributed by atoms with Crippen molar-refractivity contribution in [2.45, 2.75) is 23.3 Å². The van der Waals surface area contributed by atoms with Gasteiger partial charge in [0.2, 0.25) is 0 Å². The zero-order valence-electron chi connectivity index (χ0n) is 17.4. The van der Waals surface area contributed by atoms with Gasteiger partial charge in [-0.3, -0.25) is 4.72 Å². The van der Waals surface area contributed by atoms with Crippen LogP contribution in [0.2, 0.25) is 0 Å². The first kappa shape index (κ1) is 21.2. The van der Waals surface area contributed by atoms with Gasteiger partial charge in [0.1, 0.15) is 5.82 Å². The minimum Gasteiger partial charge on any atom is -0.478 e. The largest absolute Gasteiger partial charge is 0.478 e. The zero-order valence-corrected chi connectivity index (χ0v) is 18.2. The van der Waals surface area contributed by atoms with E-state index in [2.05, 4.69) is 22.2 Å². The van der Waals surface area contributed by atoms with Gasteiger partial charge in [-0.15, -0.1) is 0 Å². The molecule has 3 aromatic carbocycles.